The summed E-state index contributed by atoms with van der Waals surface area (Å²) in [5.74, 6) is 0.671. The highest BCUT2D eigenvalue weighted by atomic mass is 16.5. The van der Waals surface area contributed by atoms with Gasteiger partial charge in [-0.05, 0) is 38.5 Å². The minimum Gasteiger partial charge on any atom is -0.383 e. The Morgan fingerprint density at radius 3 is 2.58 bits per heavy atom. The van der Waals surface area contributed by atoms with Gasteiger partial charge in [0.15, 0.2) is 0 Å². The molecule has 3 saturated heterocycles. The SMILES string of the molecule is COCCN1CCCC2(CCN(C(=O)C3CCOCC3)CC2)C1=O. The molecular formula is C18H30N2O4. The molecule has 2 amide bonds. The number of methoxy groups -OCH3 is 1. The molecule has 3 aliphatic heterocycles. The largest absolute Gasteiger partial charge is 0.383 e. The van der Waals surface area contributed by atoms with Gasteiger partial charge in [0.05, 0.1) is 12.0 Å². The fraction of sp³-hybridized carbons (Fsp3) is 0.889. The third-order valence-corrected chi connectivity index (χ3v) is 5.99. The van der Waals surface area contributed by atoms with Crippen molar-refractivity contribution in [1.82, 2.24) is 9.80 Å². The van der Waals surface area contributed by atoms with E-state index in [1.165, 1.54) is 0 Å². The summed E-state index contributed by atoms with van der Waals surface area (Å²) in [6, 6.07) is 0. The minimum absolute atomic E-state index is 0.119. The standard InChI is InChI=1S/C18H30N2O4/c1-23-14-11-20-8-2-5-18(17(20)22)6-9-19(10-7-18)16(21)15-3-12-24-13-4-15/h15H,2-14H2,1H3. The van der Waals surface area contributed by atoms with Crippen LogP contribution in [0, 0.1) is 11.3 Å². The number of piperidine rings is 2. The van der Waals surface area contributed by atoms with Crippen LogP contribution < -0.4 is 0 Å². The molecule has 3 rings (SSSR count). The average molecular weight is 338 g/mol. The second-order valence-electron chi connectivity index (χ2n) is 7.38. The van der Waals surface area contributed by atoms with Gasteiger partial charge in [0.25, 0.3) is 0 Å². The summed E-state index contributed by atoms with van der Waals surface area (Å²) in [5, 5.41) is 0. The Hall–Kier alpha value is -1.14. The van der Waals surface area contributed by atoms with E-state index in [2.05, 4.69) is 0 Å². The molecular weight excluding hydrogens is 308 g/mol. The summed E-state index contributed by atoms with van der Waals surface area (Å²) >= 11 is 0. The number of amides is 2. The molecule has 136 valence electrons. The second-order valence-corrected chi connectivity index (χ2v) is 7.38. The van der Waals surface area contributed by atoms with Gasteiger partial charge < -0.3 is 19.3 Å². The average Bonchev–Trinajstić information content (AvgIpc) is 2.64. The van der Waals surface area contributed by atoms with Crippen LogP contribution in [-0.2, 0) is 19.1 Å². The van der Waals surface area contributed by atoms with Gasteiger partial charge in [0.2, 0.25) is 11.8 Å². The number of ether oxygens (including phenoxy) is 2. The van der Waals surface area contributed by atoms with Crippen molar-refractivity contribution in [3.05, 3.63) is 0 Å². The van der Waals surface area contributed by atoms with Gasteiger partial charge in [-0.1, -0.05) is 0 Å². The molecule has 0 aromatic heterocycles. The lowest BCUT2D eigenvalue weighted by molar-refractivity contribution is -0.154. The third kappa shape index (κ3) is 3.59. The molecule has 0 N–H and O–H groups in total. The van der Waals surface area contributed by atoms with Crippen molar-refractivity contribution >= 4 is 11.8 Å². The summed E-state index contributed by atoms with van der Waals surface area (Å²) < 4.78 is 10.5. The summed E-state index contributed by atoms with van der Waals surface area (Å²) in [6.07, 6.45) is 5.32. The van der Waals surface area contributed by atoms with Crippen molar-refractivity contribution in [3.63, 3.8) is 0 Å². The van der Waals surface area contributed by atoms with Crippen LogP contribution in [0.15, 0.2) is 0 Å². The van der Waals surface area contributed by atoms with Crippen molar-refractivity contribution in [1.29, 1.82) is 0 Å². The number of nitrogens with zero attached hydrogens (tertiary/aromatic N) is 2. The molecule has 0 saturated carbocycles. The van der Waals surface area contributed by atoms with Crippen LogP contribution in [0.2, 0.25) is 0 Å². The van der Waals surface area contributed by atoms with Crippen LogP contribution in [0.1, 0.15) is 38.5 Å². The zero-order valence-corrected chi connectivity index (χ0v) is 14.8. The van der Waals surface area contributed by atoms with Crippen LogP contribution in [0.25, 0.3) is 0 Å². The van der Waals surface area contributed by atoms with Gasteiger partial charge in [0, 0.05) is 52.4 Å². The quantitative estimate of drug-likeness (QED) is 0.775. The number of hydrogen-bond acceptors (Lipinski definition) is 4. The third-order valence-electron chi connectivity index (χ3n) is 5.99. The maximum atomic E-state index is 12.9. The first kappa shape index (κ1) is 17.7. The molecule has 0 radical (unpaired) electrons. The van der Waals surface area contributed by atoms with E-state index < -0.39 is 0 Å². The Labute approximate surface area is 144 Å². The summed E-state index contributed by atoms with van der Waals surface area (Å²) in [7, 11) is 1.67. The fourth-order valence-corrected chi connectivity index (χ4v) is 4.39. The Kier molecular flexibility index (Phi) is 5.76. The predicted octanol–water partition coefficient (Wildman–Crippen LogP) is 1.29. The molecule has 3 heterocycles. The highest BCUT2D eigenvalue weighted by Gasteiger charge is 2.46. The molecule has 0 unspecified atom stereocenters. The van der Waals surface area contributed by atoms with Crippen molar-refractivity contribution in [3.8, 4) is 0 Å². The van der Waals surface area contributed by atoms with Gasteiger partial charge in [-0.15, -0.1) is 0 Å². The van der Waals surface area contributed by atoms with Gasteiger partial charge >= 0.3 is 0 Å². The van der Waals surface area contributed by atoms with E-state index in [0.29, 0.717) is 26.4 Å². The molecule has 0 aromatic carbocycles. The van der Waals surface area contributed by atoms with Gasteiger partial charge in [-0.3, -0.25) is 9.59 Å². The summed E-state index contributed by atoms with van der Waals surface area (Å²) in [5.41, 5.74) is -0.238. The minimum atomic E-state index is -0.238. The first-order valence-corrected chi connectivity index (χ1v) is 9.31. The molecule has 0 bridgehead atoms. The monoisotopic (exact) mass is 338 g/mol. The molecule has 3 fully saturated rings. The van der Waals surface area contributed by atoms with Crippen molar-refractivity contribution < 1.29 is 19.1 Å². The van der Waals surface area contributed by atoms with Crippen LogP contribution in [0.4, 0.5) is 0 Å². The normalized spacial score (nSPS) is 25.3. The van der Waals surface area contributed by atoms with E-state index in [0.717, 1.165) is 58.2 Å². The molecule has 6 heteroatoms. The second kappa shape index (κ2) is 7.83. The van der Waals surface area contributed by atoms with E-state index >= 15 is 0 Å². The Balaban J connectivity index is 1.56. The topological polar surface area (TPSA) is 59.1 Å². The number of carbonyl (C=O) groups excluding carboxylic acids is 2. The van der Waals surface area contributed by atoms with Crippen LogP contribution in [0.5, 0.6) is 0 Å². The van der Waals surface area contributed by atoms with Crippen molar-refractivity contribution in [2.24, 2.45) is 11.3 Å². The number of carbonyl (C=O) groups is 2. The highest BCUT2D eigenvalue weighted by molar-refractivity contribution is 5.84. The first-order valence-electron chi connectivity index (χ1n) is 9.31. The van der Waals surface area contributed by atoms with Crippen LogP contribution in [-0.4, -0.2) is 74.7 Å². The lowest BCUT2D eigenvalue weighted by atomic mass is 9.71. The van der Waals surface area contributed by atoms with Gasteiger partial charge in [-0.25, -0.2) is 0 Å². The van der Waals surface area contributed by atoms with Crippen LogP contribution >= 0.6 is 0 Å². The van der Waals surface area contributed by atoms with E-state index in [-0.39, 0.29) is 23.1 Å². The fourth-order valence-electron chi connectivity index (χ4n) is 4.39. The number of rotatable bonds is 4. The Bertz CT molecular complexity index is 454. The zero-order chi connectivity index (χ0) is 17.0. The van der Waals surface area contributed by atoms with Gasteiger partial charge in [0.1, 0.15) is 0 Å². The molecule has 3 aliphatic rings. The predicted molar refractivity (Wildman–Crippen MR) is 89.5 cm³/mol. The zero-order valence-electron chi connectivity index (χ0n) is 14.8. The van der Waals surface area contributed by atoms with Crippen LogP contribution in [0.3, 0.4) is 0 Å². The Morgan fingerprint density at radius 1 is 1.21 bits per heavy atom. The Morgan fingerprint density at radius 2 is 1.92 bits per heavy atom. The number of likely N-dealkylation sites (tertiary alicyclic amines) is 2. The molecule has 24 heavy (non-hydrogen) atoms. The van der Waals surface area contributed by atoms with Gasteiger partial charge in [-0.2, -0.15) is 0 Å². The summed E-state index contributed by atoms with van der Waals surface area (Å²) in [4.78, 5) is 29.6. The maximum absolute atomic E-state index is 12.9. The van der Waals surface area contributed by atoms with Crippen molar-refractivity contribution in [2.45, 2.75) is 38.5 Å². The molecule has 1 spiro atoms. The molecule has 6 nitrogen and oxygen atoms in total. The lowest BCUT2D eigenvalue weighted by Crippen LogP contribution is -2.55. The first-order chi connectivity index (χ1) is 11.7. The van der Waals surface area contributed by atoms with E-state index in [4.69, 9.17) is 9.47 Å². The van der Waals surface area contributed by atoms with E-state index in [1.54, 1.807) is 7.11 Å². The van der Waals surface area contributed by atoms with E-state index in [1.807, 2.05) is 9.80 Å². The van der Waals surface area contributed by atoms with Crippen molar-refractivity contribution in [2.75, 3.05) is 53.1 Å². The molecule has 0 aliphatic carbocycles. The summed E-state index contributed by atoms with van der Waals surface area (Å²) in [6.45, 7) is 4.95. The molecule has 0 aromatic rings. The smallest absolute Gasteiger partial charge is 0.229 e. The molecule has 0 atom stereocenters. The highest BCUT2D eigenvalue weighted by Crippen LogP contribution is 2.41. The number of hydrogen-bond donors (Lipinski definition) is 0. The lowest BCUT2D eigenvalue weighted by Gasteiger charge is -2.47. The van der Waals surface area contributed by atoms with E-state index in [9.17, 15) is 9.59 Å². The maximum Gasteiger partial charge on any atom is 0.229 e.